The number of carboxylic acid groups (broad SMARTS) is 1. The highest BCUT2D eigenvalue weighted by atomic mass is 16.4. The highest BCUT2D eigenvalue weighted by Gasteiger charge is 2.41. The van der Waals surface area contributed by atoms with Gasteiger partial charge in [0.15, 0.2) is 0 Å². The lowest BCUT2D eigenvalue weighted by Crippen LogP contribution is -2.38. The summed E-state index contributed by atoms with van der Waals surface area (Å²) in [6.07, 6.45) is 2.69. The normalized spacial score (nSPS) is 18.3. The Morgan fingerprint density at radius 3 is 2.00 bits per heavy atom. The van der Waals surface area contributed by atoms with Crippen LogP contribution in [0.1, 0.15) is 60.8 Å². The third-order valence-corrected chi connectivity index (χ3v) is 3.99. The lowest BCUT2D eigenvalue weighted by molar-refractivity contribution is -0.153. The Balaban J connectivity index is 4.90. The largest absolute Gasteiger partial charge is 0.481 e. The van der Waals surface area contributed by atoms with Crippen molar-refractivity contribution in [3.8, 4) is 0 Å². The van der Waals surface area contributed by atoms with Gasteiger partial charge in [-0.25, -0.2) is 0 Å². The zero-order chi connectivity index (χ0) is 12.3. The minimum Gasteiger partial charge on any atom is -0.481 e. The first-order chi connectivity index (χ1) is 6.69. The molecule has 0 saturated carbocycles. The molecule has 0 aromatic rings. The van der Waals surface area contributed by atoms with E-state index in [-0.39, 0.29) is 11.3 Å². The Morgan fingerprint density at radius 1 is 1.27 bits per heavy atom. The van der Waals surface area contributed by atoms with Gasteiger partial charge in [0.25, 0.3) is 0 Å². The molecule has 15 heavy (non-hydrogen) atoms. The van der Waals surface area contributed by atoms with E-state index >= 15 is 0 Å². The highest BCUT2D eigenvalue weighted by molar-refractivity contribution is 5.74. The lowest BCUT2D eigenvalue weighted by atomic mass is 9.66. The van der Waals surface area contributed by atoms with Crippen molar-refractivity contribution in [2.45, 2.75) is 60.8 Å². The van der Waals surface area contributed by atoms with Crippen molar-refractivity contribution in [3.05, 3.63) is 0 Å². The minimum atomic E-state index is -0.654. The van der Waals surface area contributed by atoms with E-state index in [9.17, 15) is 9.90 Å². The maximum Gasteiger partial charge on any atom is 0.309 e. The van der Waals surface area contributed by atoms with Gasteiger partial charge in [0.2, 0.25) is 0 Å². The van der Waals surface area contributed by atoms with Gasteiger partial charge in [0.1, 0.15) is 0 Å². The molecule has 0 rings (SSSR count). The minimum absolute atomic E-state index is 0.108. The average Bonchev–Trinajstić information content (AvgIpc) is 2.15. The first kappa shape index (κ1) is 14.5. The fourth-order valence-electron chi connectivity index (χ4n) is 2.03. The second-order valence-corrected chi connectivity index (χ2v) is 5.73. The summed E-state index contributed by atoms with van der Waals surface area (Å²) in [5.74, 6) is -0.431. The number of carboxylic acids is 1. The third-order valence-electron chi connectivity index (χ3n) is 3.99. The molecule has 0 aromatic heterocycles. The van der Waals surface area contributed by atoms with Gasteiger partial charge in [-0.15, -0.1) is 0 Å². The van der Waals surface area contributed by atoms with E-state index < -0.39 is 11.4 Å². The van der Waals surface area contributed by atoms with E-state index in [1.165, 1.54) is 0 Å². The quantitative estimate of drug-likeness (QED) is 0.727. The molecule has 0 aliphatic carbocycles. The summed E-state index contributed by atoms with van der Waals surface area (Å²) >= 11 is 0. The molecule has 0 aliphatic rings. The van der Waals surface area contributed by atoms with E-state index in [4.69, 9.17) is 0 Å². The molecule has 0 saturated heterocycles. The predicted octanol–water partition coefficient (Wildman–Crippen LogP) is 3.95. The molecule has 0 amide bonds. The van der Waals surface area contributed by atoms with Crippen LogP contribution in [0.4, 0.5) is 0 Å². The fourth-order valence-corrected chi connectivity index (χ4v) is 2.03. The Labute approximate surface area is 94.1 Å². The molecule has 90 valence electrons. The summed E-state index contributed by atoms with van der Waals surface area (Å²) in [5.41, 5.74) is -0.481. The Morgan fingerprint density at radius 2 is 1.73 bits per heavy atom. The number of hydrogen-bond acceptors (Lipinski definition) is 1. The average molecular weight is 214 g/mol. The number of carbonyl (C=O) groups is 1. The number of hydrogen-bond donors (Lipinski definition) is 1. The van der Waals surface area contributed by atoms with Crippen LogP contribution >= 0.6 is 0 Å². The molecule has 0 aliphatic heterocycles. The van der Waals surface area contributed by atoms with Gasteiger partial charge in [0.05, 0.1) is 5.41 Å². The van der Waals surface area contributed by atoms with Crippen LogP contribution in [0.2, 0.25) is 0 Å². The van der Waals surface area contributed by atoms with E-state index in [0.717, 1.165) is 19.3 Å². The molecule has 2 unspecified atom stereocenters. The van der Waals surface area contributed by atoms with E-state index in [0.29, 0.717) is 0 Å². The van der Waals surface area contributed by atoms with E-state index in [1.807, 2.05) is 13.8 Å². The zero-order valence-corrected chi connectivity index (χ0v) is 11.1. The van der Waals surface area contributed by atoms with Crippen molar-refractivity contribution in [2.24, 2.45) is 16.7 Å². The van der Waals surface area contributed by atoms with Crippen molar-refractivity contribution < 1.29 is 9.90 Å². The highest BCUT2D eigenvalue weighted by Crippen LogP contribution is 2.42. The molecule has 0 spiro atoms. The second kappa shape index (κ2) is 5.00. The molecule has 0 bridgehead atoms. The lowest BCUT2D eigenvalue weighted by Gasteiger charge is -2.37. The Kier molecular flexibility index (Phi) is 4.82. The fraction of sp³-hybridized carbons (Fsp3) is 0.923. The molecular formula is C13H26O2. The van der Waals surface area contributed by atoms with Crippen LogP contribution in [0, 0.1) is 16.7 Å². The van der Waals surface area contributed by atoms with Crippen molar-refractivity contribution in [1.82, 2.24) is 0 Å². The summed E-state index contributed by atoms with van der Waals surface area (Å²) in [7, 11) is 0. The van der Waals surface area contributed by atoms with Crippen molar-refractivity contribution in [1.29, 1.82) is 0 Å². The van der Waals surface area contributed by atoms with Crippen LogP contribution in [-0.2, 0) is 4.79 Å². The molecule has 2 nitrogen and oxygen atoms in total. The maximum absolute atomic E-state index is 11.4. The molecular weight excluding hydrogens is 188 g/mol. The van der Waals surface area contributed by atoms with Crippen LogP contribution < -0.4 is 0 Å². The Bertz CT molecular complexity index is 221. The summed E-state index contributed by atoms with van der Waals surface area (Å²) < 4.78 is 0. The third kappa shape index (κ3) is 3.51. The topological polar surface area (TPSA) is 37.3 Å². The Hall–Kier alpha value is -0.530. The van der Waals surface area contributed by atoms with Crippen LogP contribution in [0.3, 0.4) is 0 Å². The summed E-state index contributed by atoms with van der Waals surface area (Å²) in [4.78, 5) is 11.4. The molecule has 0 aromatic carbocycles. The summed E-state index contributed by atoms with van der Waals surface area (Å²) in [5, 5.41) is 9.39. The molecule has 0 heterocycles. The molecule has 0 fully saturated rings. The molecule has 1 N–H and O–H groups in total. The van der Waals surface area contributed by atoms with E-state index in [2.05, 4.69) is 27.7 Å². The number of aliphatic carboxylic acids is 1. The van der Waals surface area contributed by atoms with Crippen LogP contribution in [0.25, 0.3) is 0 Å². The van der Waals surface area contributed by atoms with Gasteiger partial charge in [-0.2, -0.15) is 0 Å². The van der Waals surface area contributed by atoms with Gasteiger partial charge < -0.3 is 5.11 Å². The standard InChI is InChI=1S/C13H26O2/c1-7-10(3)13(6,11(14)15)9-12(4,5)8-2/h10H,7-9H2,1-6H3,(H,14,15). The smallest absolute Gasteiger partial charge is 0.309 e. The molecule has 2 heteroatoms. The maximum atomic E-state index is 11.4. The first-order valence-corrected chi connectivity index (χ1v) is 5.93. The van der Waals surface area contributed by atoms with Gasteiger partial charge in [-0.3, -0.25) is 4.79 Å². The van der Waals surface area contributed by atoms with Crippen LogP contribution in [0.15, 0.2) is 0 Å². The van der Waals surface area contributed by atoms with Gasteiger partial charge in [-0.05, 0) is 24.7 Å². The van der Waals surface area contributed by atoms with Crippen LogP contribution in [0.5, 0.6) is 0 Å². The van der Waals surface area contributed by atoms with Gasteiger partial charge >= 0.3 is 5.97 Å². The second-order valence-electron chi connectivity index (χ2n) is 5.73. The predicted molar refractivity (Wildman–Crippen MR) is 63.9 cm³/mol. The SMILES string of the molecule is CCC(C)C(C)(CC(C)(C)CC)C(=O)O. The van der Waals surface area contributed by atoms with E-state index in [1.54, 1.807) is 0 Å². The van der Waals surface area contributed by atoms with Crippen molar-refractivity contribution in [2.75, 3.05) is 0 Å². The summed E-state index contributed by atoms with van der Waals surface area (Å²) in [6, 6.07) is 0. The van der Waals surface area contributed by atoms with Gasteiger partial charge in [-0.1, -0.05) is 47.5 Å². The van der Waals surface area contributed by atoms with Crippen LogP contribution in [-0.4, -0.2) is 11.1 Å². The first-order valence-electron chi connectivity index (χ1n) is 5.93. The number of rotatable bonds is 6. The summed E-state index contributed by atoms with van der Waals surface area (Å²) in [6.45, 7) is 12.4. The monoisotopic (exact) mass is 214 g/mol. The molecule has 2 atom stereocenters. The van der Waals surface area contributed by atoms with Gasteiger partial charge in [0, 0.05) is 0 Å². The zero-order valence-electron chi connectivity index (χ0n) is 11.1. The van der Waals surface area contributed by atoms with Crippen molar-refractivity contribution in [3.63, 3.8) is 0 Å². The van der Waals surface area contributed by atoms with Crippen molar-refractivity contribution >= 4 is 5.97 Å². The molecule has 0 radical (unpaired) electrons.